The molecule has 5 heteroatoms. The number of carbonyl (C=O) groups is 1. The number of amides is 1. The van der Waals surface area contributed by atoms with Crippen LogP contribution in [0.5, 0.6) is 0 Å². The summed E-state index contributed by atoms with van der Waals surface area (Å²) in [6, 6.07) is 19.5. The molecule has 0 bridgehead atoms. The molecule has 0 heterocycles. The fraction of sp³-hybridized carbons (Fsp3) is 0.235. The SMILES string of the molecule is C[C@H](NCl)C(=O)NN(C)C(c1ccccc1)c1ccccc1. The van der Waals surface area contributed by atoms with Crippen molar-refractivity contribution >= 4 is 17.7 Å². The van der Waals surface area contributed by atoms with E-state index in [1.165, 1.54) is 0 Å². The molecule has 2 aromatic carbocycles. The van der Waals surface area contributed by atoms with Crippen LogP contribution in [0.2, 0.25) is 0 Å². The minimum Gasteiger partial charge on any atom is -0.287 e. The smallest absolute Gasteiger partial charge is 0.252 e. The quantitative estimate of drug-likeness (QED) is 0.636. The van der Waals surface area contributed by atoms with E-state index in [1.54, 1.807) is 11.9 Å². The van der Waals surface area contributed by atoms with E-state index in [0.29, 0.717) is 0 Å². The van der Waals surface area contributed by atoms with E-state index in [9.17, 15) is 4.79 Å². The first-order valence-electron chi connectivity index (χ1n) is 7.13. The van der Waals surface area contributed by atoms with Crippen molar-refractivity contribution in [3.05, 3.63) is 71.8 Å². The summed E-state index contributed by atoms with van der Waals surface area (Å²) in [7, 11) is 1.85. The molecule has 0 fully saturated rings. The maximum atomic E-state index is 12.1. The van der Waals surface area contributed by atoms with Gasteiger partial charge in [0.05, 0.1) is 12.1 Å². The zero-order chi connectivity index (χ0) is 15.9. The van der Waals surface area contributed by atoms with Gasteiger partial charge in [0.25, 0.3) is 5.91 Å². The Labute approximate surface area is 136 Å². The number of nitrogens with zero attached hydrogens (tertiary/aromatic N) is 1. The van der Waals surface area contributed by atoms with Crippen LogP contribution in [0.1, 0.15) is 24.1 Å². The first kappa shape index (κ1) is 16.5. The molecule has 0 aliphatic rings. The maximum Gasteiger partial charge on any atom is 0.252 e. The Hall–Kier alpha value is -1.88. The minimum absolute atomic E-state index is 0.0751. The van der Waals surface area contributed by atoms with Gasteiger partial charge < -0.3 is 0 Å². The number of hydrazine groups is 1. The molecule has 1 atom stereocenters. The Bertz CT molecular complexity index is 552. The first-order chi connectivity index (χ1) is 10.6. The van der Waals surface area contributed by atoms with Crippen LogP contribution in [0, 0.1) is 0 Å². The topological polar surface area (TPSA) is 44.4 Å². The van der Waals surface area contributed by atoms with Crippen molar-refractivity contribution in [1.29, 1.82) is 0 Å². The highest BCUT2D eigenvalue weighted by Crippen LogP contribution is 2.26. The third kappa shape index (κ3) is 4.07. The zero-order valence-electron chi connectivity index (χ0n) is 12.7. The summed E-state index contributed by atoms with van der Waals surface area (Å²) >= 11 is 5.51. The molecule has 116 valence electrons. The van der Waals surface area contributed by atoms with E-state index in [2.05, 4.69) is 10.3 Å². The first-order valence-corrected chi connectivity index (χ1v) is 7.50. The molecule has 2 aromatic rings. The fourth-order valence-electron chi connectivity index (χ4n) is 2.30. The molecule has 0 aliphatic carbocycles. The van der Waals surface area contributed by atoms with Crippen LogP contribution in [0.3, 0.4) is 0 Å². The van der Waals surface area contributed by atoms with E-state index in [0.717, 1.165) is 11.1 Å². The molecule has 0 aliphatic heterocycles. The van der Waals surface area contributed by atoms with Gasteiger partial charge in [0.15, 0.2) is 0 Å². The van der Waals surface area contributed by atoms with Gasteiger partial charge in [-0.15, -0.1) is 0 Å². The Balaban J connectivity index is 2.27. The van der Waals surface area contributed by atoms with Gasteiger partial charge in [-0.3, -0.25) is 10.2 Å². The molecule has 4 nitrogen and oxygen atoms in total. The average Bonchev–Trinajstić information content (AvgIpc) is 2.56. The van der Waals surface area contributed by atoms with Gasteiger partial charge in [0.2, 0.25) is 0 Å². The molecule has 0 radical (unpaired) electrons. The standard InChI is InChI=1S/C17H20ClN3O/c1-13(19-18)17(22)20-21(2)16(14-9-5-3-6-10-14)15-11-7-4-8-12-15/h3-13,16,19H,1-2H3,(H,20,22)/t13-/m0/s1. The van der Waals surface area contributed by atoms with Gasteiger partial charge in [-0.1, -0.05) is 60.7 Å². The minimum atomic E-state index is -0.476. The van der Waals surface area contributed by atoms with E-state index < -0.39 is 6.04 Å². The summed E-state index contributed by atoms with van der Waals surface area (Å²) in [5.41, 5.74) is 5.08. The van der Waals surface area contributed by atoms with Crippen LogP contribution < -0.4 is 10.3 Å². The second-order valence-electron chi connectivity index (χ2n) is 5.14. The molecule has 2 N–H and O–H groups in total. The van der Waals surface area contributed by atoms with Crippen LogP contribution in [0.25, 0.3) is 0 Å². The number of rotatable bonds is 6. The van der Waals surface area contributed by atoms with Crippen molar-refractivity contribution in [1.82, 2.24) is 15.3 Å². The van der Waals surface area contributed by atoms with Crippen molar-refractivity contribution in [3.63, 3.8) is 0 Å². The monoisotopic (exact) mass is 317 g/mol. The second kappa shape index (κ2) is 7.94. The highest BCUT2D eigenvalue weighted by Gasteiger charge is 2.22. The van der Waals surface area contributed by atoms with Crippen molar-refractivity contribution in [2.24, 2.45) is 0 Å². The van der Waals surface area contributed by atoms with Crippen LogP contribution in [0.4, 0.5) is 0 Å². The summed E-state index contributed by atoms with van der Waals surface area (Å²) in [6.07, 6.45) is 0. The lowest BCUT2D eigenvalue weighted by Gasteiger charge is -2.30. The number of hydrogen-bond donors (Lipinski definition) is 2. The lowest BCUT2D eigenvalue weighted by atomic mass is 9.98. The molecule has 2 rings (SSSR count). The van der Waals surface area contributed by atoms with Gasteiger partial charge >= 0.3 is 0 Å². The van der Waals surface area contributed by atoms with Gasteiger partial charge in [-0.2, -0.15) is 0 Å². The molecular weight excluding hydrogens is 298 g/mol. The summed E-state index contributed by atoms with van der Waals surface area (Å²) in [6.45, 7) is 1.70. The van der Waals surface area contributed by atoms with Gasteiger partial charge in [-0.25, -0.2) is 9.84 Å². The maximum absolute atomic E-state index is 12.1. The van der Waals surface area contributed by atoms with Gasteiger partial charge in [-0.05, 0) is 29.8 Å². The number of carbonyl (C=O) groups excluding carboxylic acids is 1. The molecule has 0 spiro atoms. The van der Waals surface area contributed by atoms with E-state index in [1.807, 2.05) is 67.7 Å². The molecular formula is C17H20ClN3O. The van der Waals surface area contributed by atoms with E-state index in [4.69, 9.17) is 11.8 Å². The Morgan fingerprint density at radius 2 is 1.45 bits per heavy atom. The number of nitrogens with one attached hydrogen (secondary N) is 2. The predicted molar refractivity (Wildman–Crippen MR) is 89.1 cm³/mol. The largest absolute Gasteiger partial charge is 0.287 e. The van der Waals surface area contributed by atoms with Crippen LogP contribution in [-0.4, -0.2) is 24.0 Å². The van der Waals surface area contributed by atoms with E-state index >= 15 is 0 Å². The lowest BCUT2D eigenvalue weighted by Crippen LogP contribution is -2.48. The van der Waals surface area contributed by atoms with Crippen molar-refractivity contribution in [2.75, 3.05) is 7.05 Å². The van der Waals surface area contributed by atoms with Crippen LogP contribution >= 0.6 is 11.8 Å². The molecule has 1 amide bonds. The zero-order valence-corrected chi connectivity index (χ0v) is 13.4. The third-order valence-corrected chi connectivity index (χ3v) is 3.79. The Kier molecular flexibility index (Phi) is 5.95. The van der Waals surface area contributed by atoms with Crippen molar-refractivity contribution in [2.45, 2.75) is 19.0 Å². The van der Waals surface area contributed by atoms with E-state index in [-0.39, 0.29) is 11.9 Å². The van der Waals surface area contributed by atoms with Gasteiger partial charge in [0.1, 0.15) is 0 Å². The average molecular weight is 318 g/mol. The molecule has 0 aromatic heterocycles. The summed E-state index contributed by atoms with van der Waals surface area (Å²) in [5.74, 6) is -0.186. The molecule has 0 saturated heterocycles. The summed E-state index contributed by atoms with van der Waals surface area (Å²) < 4.78 is 0. The van der Waals surface area contributed by atoms with Crippen molar-refractivity contribution < 1.29 is 4.79 Å². The molecule has 0 unspecified atom stereocenters. The highest BCUT2D eigenvalue weighted by molar-refractivity contribution is 6.15. The lowest BCUT2D eigenvalue weighted by molar-refractivity contribution is -0.127. The highest BCUT2D eigenvalue weighted by atomic mass is 35.5. The predicted octanol–water partition coefficient (Wildman–Crippen LogP) is 2.87. The molecule has 22 heavy (non-hydrogen) atoms. The number of halogens is 1. The molecule has 0 saturated carbocycles. The summed E-state index contributed by atoms with van der Waals surface area (Å²) in [5, 5.41) is 1.80. The summed E-state index contributed by atoms with van der Waals surface area (Å²) in [4.78, 5) is 14.5. The third-order valence-electron chi connectivity index (χ3n) is 3.46. The number of benzene rings is 2. The van der Waals surface area contributed by atoms with Gasteiger partial charge in [0, 0.05) is 7.05 Å². The second-order valence-corrected chi connectivity index (χ2v) is 5.36. The van der Waals surface area contributed by atoms with Crippen molar-refractivity contribution in [3.8, 4) is 0 Å². The Morgan fingerprint density at radius 3 is 1.86 bits per heavy atom. The Morgan fingerprint density at radius 1 is 1.00 bits per heavy atom. The van der Waals surface area contributed by atoms with Crippen LogP contribution in [0.15, 0.2) is 60.7 Å². The number of hydrogen-bond acceptors (Lipinski definition) is 3. The fourth-order valence-corrected chi connectivity index (χ4v) is 2.39. The normalized spacial score (nSPS) is 12.4. The van der Waals surface area contributed by atoms with Crippen LogP contribution in [-0.2, 0) is 4.79 Å².